The van der Waals surface area contributed by atoms with Crippen LogP contribution in [-0.4, -0.2) is 58.5 Å². The number of thioether (sulfide) groups is 1. The minimum absolute atomic E-state index is 0.0334. The Bertz CT molecular complexity index is 675. The van der Waals surface area contributed by atoms with Crippen molar-refractivity contribution in [2.24, 2.45) is 0 Å². The largest absolute Gasteiger partial charge is 0.383 e. The normalized spacial score (nSPS) is 21.0. The first-order chi connectivity index (χ1) is 10.7. The van der Waals surface area contributed by atoms with Crippen LogP contribution in [0, 0.1) is 0 Å². The molecular formula is C13H21N5O3S2. The Morgan fingerprint density at radius 1 is 1.43 bits per heavy atom. The lowest BCUT2D eigenvalue weighted by molar-refractivity contribution is -0.131. The quantitative estimate of drug-likeness (QED) is 0.561. The maximum atomic E-state index is 12.6. The third-order valence-corrected chi connectivity index (χ3v) is 6.35. The van der Waals surface area contributed by atoms with Crippen LogP contribution in [0.15, 0.2) is 11.2 Å². The van der Waals surface area contributed by atoms with Crippen molar-refractivity contribution in [3.63, 3.8) is 0 Å². The highest BCUT2D eigenvalue weighted by molar-refractivity contribution is 8.00. The van der Waals surface area contributed by atoms with E-state index in [2.05, 4.69) is 9.97 Å². The average Bonchev–Trinajstić information content (AvgIpc) is 2.78. The summed E-state index contributed by atoms with van der Waals surface area (Å²) in [5, 5.41) is -0.127. The van der Waals surface area contributed by atoms with Crippen LogP contribution in [0.2, 0.25) is 0 Å². The molecule has 23 heavy (non-hydrogen) atoms. The first-order valence-corrected chi connectivity index (χ1v) is 9.99. The molecule has 1 fully saturated rings. The standard InChI is InChI=1S/C13H21N5O3S2/c1-3-18(9-4-5-23(20,21)7-9)12(19)8(2)22-13-16-10(14)6-11(15)17-13/h6,8-9H,3-5,7H2,1-2H3,(H4,14,15,16,17)/t8-,9-/m1/s1. The fraction of sp³-hybridized carbons (Fsp3) is 0.615. The number of rotatable bonds is 5. The first-order valence-electron chi connectivity index (χ1n) is 7.29. The number of anilines is 2. The van der Waals surface area contributed by atoms with Gasteiger partial charge in [-0.2, -0.15) is 0 Å². The SMILES string of the molecule is CCN(C(=O)[C@@H](C)Sc1nc(N)cc(N)n1)[C@@H]1CCS(=O)(=O)C1. The van der Waals surface area contributed by atoms with E-state index >= 15 is 0 Å². The van der Waals surface area contributed by atoms with Crippen molar-refractivity contribution in [3.05, 3.63) is 6.07 Å². The minimum atomic E-state index is -3.04. The molecule has 0 bridgehead atoms. The molecule has 0 aromatic carbocycles. The Morgan fingerprint density at radius 2 is 2.04 bits per heavy atom. The minimum Gasteiger partial charge on any atom is -0.383 e. The molecule has 1 aliphatic rings. The highest BCUT2D eigenvalue weighted by Gasteiger charge is 2.35. The molecule has 0 unspecified atom stereocenters. The van der Waals surface area contributed by atoms with Crippen LogP contribution in [0.1, 0.15) is 20.3 Å². The number of aromatic nitrogens is 2. The van der Waals surface area contributed by atoms with E-state index in [0.717, 1.165) is 11.8 Å². The molecule has 1 aromatic rings. The van der Waals surface area contributed by atoms with E-state index in [0.29, 0.717) is 18.1 Å². The van der Waals surface area contributed by atoms with Crippen LogP contribution >= 0.6 is 11.8 Å². The number of carbonyl (C=O) groups is 1. The van der Waals surface area contributed by atoms with Gasteiger partial charge < -0.3 is 16.4 Å². The summed E-state index contributed by atoms with van der Waals surface area (Å²) in [5.74, 6) is 0.524. The fourth-order valence-corrected chi connectivity index (χ4v) is 5.17. The Kier molecular flexibility index (Phi) is 5.35. The van der Waals surface area contributed by atoms with Crippen LogP contribution < -0.4 is 11.5 Å². The van der Waals surface area contributed by atoms with Gasteiger partial charge in [0.1, 0.15) is 11.6 Å². The van der Waals surface area contributed by atoms with Crippen LogP contribution in [0.25, 0.3) is 0 Å². The monoisotopic (exact) mass is 359 g/mol. The summed E-state index contributed by atoms with van der Waals surface area (Å²) >= 11 is 1.16. The van der Waals surface area contributed by atoms with Gasteiger partial charge in [0.05, 0.1) is 16.8 Å². The van der Waals surface area contributed by atoms with E-state index in [-0.39, 0.29) is 35.1 Å². The number of sulfone groups is 1. The molecule has 2 heterocycles. The third-order valence-electron chi connectivity index (χ3n) is 3.65. The second-order valence-corrected chi connectivity index (χ2v) is 8.98. The van der Waals surface area contributed by atoms with Crippen LogP contribution in [0.3, 0.4) is 0 Å². The van der Waals surface area contributed by atoms with Crippen LogP contribution in [0.5, 0.6) is 0 Å². The average molecular weight is 359 g/mol. The Morgan fingerprint density at radius 3 is 2.52 bits per heavy atom. The Balaban J connectivity index is 2.08. The number of nitrogens with two attached hydrogens (primary N) is 2. The van der Waals surface area contributed by atoms with Crippen molar-refractivity contribution in [2.45, 2.75) is 36.7 Å². The predicted molar refractivity (Wildman–Crippen MR) is 90.6 cm³/mol. The van der Waals surface area contributed by atoms with Crippen molar-refractivity contribution in [1.82, 2.24) is 14.9 Å². The molecule has 1 saturated heterocycles. The van der Waals surface area contributed by atoms with Gasteiger partial charge in [0.2, 0.25) is 5.91 Å². The summed E-state index contributed by atoms with van der Waals surface area (Å²) in [6.07, 6.45) is 0.487. The summed E-state index contributed by atoms with van der Waals surface area (Å²) < 4.78 is 23.3. The predicted octanol–water partition coefficient (Wildman–Crippen LogP) is 0.157. The van der Waals surface area contributed by atoms with E-state index in [1.807, 2.05) is 6.92 Å². The molecule has 2 rings (SSSR count). The molecule has 128 valence electrons. The van der Waals surface area contributed by atoms with E-state index in [9.17, 15) is 13.2 Å². The molecular weight excluding hydrogens is 338 g/mol. The van der Waals surface area contributed by atoms with Crippen molar-refractivity contribution in [1.29, 1.82) is 0 Å². The number of amides is 1. The van der Waals surface area contributed by atoms with Gasteiger partial charge in [0.25, 0.3) is 0 Å². The van der Waals surface area contributed by atoms with Crippen molar-refractivity contribution < 1.29 is 13.2 Å². The molecule has 0 spiro atoms. The molecule has 2 atom stereocenters. The molecule has 0 aliphatic carbocycles. The van der Waals surface area contributed by atoms with Crippen LogP contribution in [-0.2, 0) is 14.6 Å². The molecule has 4 N–H and O–H groups in total. The van der Waals surface area contributed by atoms with Crippen molar-refractivity contribution in [2.75, 3.05) is 29.5 Å². The highest BCUT2D eigenvalue weighted by Crippen LogP contribution is 2.25. The van der Waals surface area contributed by atoms with E-state index in [4.69, 9.17) is 11.5 Å². The van der Waals surface area contributed by atoms with E-state index in [1.165, 1.54) is 6.07 Å². The van der Waals surface area contributed by atoms with Gasteiger partial charge in [0, 0.05) is 18.7 Å². The van der Waals surface area contributed by atoms with Crippen molar-refractivity contribution in [3.8, 4) is 0 Å². The fourth-order valence-electron chi connectivity index (χ4n) is 2.57. The molecule has 10 heteroatoms. The first kappa shape index (κ1) is 17.8. The maximum Gasteiger partial charge on any atom is 0.236 e. The zero-order valence-corrected chi connectivity index (χ0v) is 14.7. The zero-order valence-electron chi connectivity index (χ0n) is 13.1. The lowest BCUT2D eigenvalue weighted by Crippen LogP contribution is -2.44. The lowest BCUT2D eigenvalue weighted by Gasteiger charge is -2.29. The molecule has 0 saturated carbocycles. The number of nitrogens with zero attached hydrogens (tertiary/aromatic N) is 3. The molecule has 0 radical (unpaired) electrons. The Labute approximate surface area is 139 Å². The number of nitrogen functional groups attached to an aromatic ring is 2. The van der Waals surface area contributed by atoms with Crippen LogP contribution in [0.4, 0.5) is 11.6 Å². The smallest absolute Gasteiger partial charge is 0.236 e. The Hall–Kier alpha value is -1.55. The van der Waals surface area contributed by atoms with Gasteiger partial charge >= 0.3 is 0 Å². The second-order valence-electron chi connectivity index (χ2n) is 5.44. The van der Waals surface area contributed by atoms with E-state index in [1.54, 1.807) is 11.8 Å². The molecule has 1 aliphatic heterocycles. The maximum absolute atomic E-state index is 12.6. The van der Waals surface area contributed by atoms with E-state index < -0.39 is 15.1 Å². The van der Waals surface area contributed by atoms with Gasteiger partial charge in [-0.3, -0.25) is 4.79 Å². The number of hydrogen-bond acceptors (Lipinski definition) is 8. The summed E-state index contributed by atoms with van der Waals surface area (Å²) in [5.41, 5.74) is 11.2. The van der Waals surface area contributed by atoms with Gasteiger partial charge in [0.15, 0.2) is 15.0 Å². The summed E-state index contributed by atoms with van der Waals surface area (Å²) in [6.45, 7) is 4.04. The highest BCUT2D eigenvalue weighted by atomic mass is 32.2. The number of hydrogen-bond donors (Lipinski definition) is 2. The lowest BCUT2D eigenvalue weighted by atomic mass is 10.2. The molecule has 1 amide bonds. The molecule has 1 aromatic heterocycles. The van der Waals surface area contributed by atoms with Crippen molar-refractivity contribution >= 4 is 39.1 Å². The third kappa shape index (κ3) is 4.47. The topological polar surface area (TPSA) is 132 Å². The summed E-state index contributed by atoms with van der Waals surface area (Å²) in [7, 11) is -3.04. The van der Waals surface area contributed by atoms with Gasteiger partial charge in [-0.05, 0) is 20.3 Å². The second kappa shape index (κ2) is 6.91. The zero-order chi connectivity index (χ0) is 17.2. The van der Waals surface area contributed by atoms with Gasteiger partial charge in [-0.15, -0.1) is 0 Å². The number of carbonyl (C=O) groups excluding carboxylic acids is 1. The molecule has 8 nitrogen and oxygen atoms in total. The summed E-state index contributed by atoms with van der Waals surface area (Å²) in [6, 6.07) is 1.19. The van der Waals surface area contributed by atoms with Gasteiger partial charge in [-0.1, -0.05) is 11.8 Å². The van der Waals surface area contributed by atoms with Gasteiger partial charge in [-0.25, -0.2) is 18.4 Å². The summed E-state index contributed by atoms with van der Waals surface area (Å²) in [4.78, 5) is 22.4.